The number of rotatable bonds is 3. The number of para-hydroxylation sites is 1. The van der Waals surface area contributed by atoms with Gasteiger partial charge in [0.15, 0.2) is 5.13 Å². The number of thiophene rings is 1. The number of halogens is 1. The van der Waals surface area contributed by atoms with Crippen molar-refractivity contribution in [3.8, 4) is 0 Å². The summed E-state index contributed by atoms with van der Waals surface area (Å²) >= 11 is 2.85. The highest BCUT2D eigenvalue weighted by atomic mass is 32.1. The van der Waals surface area contributed by atoms with Gasteiger partial charge in [-0.05, 0) is 51.8 Å². The smallest absolute Gasteiger partial charge is 0.251 e. The number of nitrogens with one attached hydrogen (secondary N) is 2. The summed E-state index contributed by atoms with van der Waals surface area (Å²) < 4.78 is 14.7. The van der Waals surface area contributed by atoms with E-state index in [9.17, 15) is 9.18 Å². The molecule has 1 aliphatic heterocycles. The molecule has 3 aromatic rings. The molecule has 0 fully saturated rings. The molecule has 0 unspecified atom stereocenters. The summed E-state index contributed by atoms with van der Waals surface area (Å²) in [6.45, 7) is 8.43. The first-order chi connectivity index (χ1) is 12.6. The Kier molecular flexibility index (Phi) is 4.06. The van der Waals surface area contributed by atoms with Crippen LogP contribution in [0.4, 0.5) is 14.5 Å². The number of primary amides is 1. The molecule has 0 saturated heterocycles. The molecule has 4 rings (SSSR count). The molecule has 142 valence electrons. The van der Waals surface area contributed by atoms with E-state index < -0.39 is 5.91 Å². The highest BCUT2D eigenvalue weighted by Gasteiger charge is 2.41. The van der Waals surface area contributed by atoms with Gasteiger partial charge in [0, 0.05) is 16.0 Å². The summed E-state index contributed by atoms with van der Waals surface area (Å²) in [6.07, 6.45) is 0.705. The number of aromatic nitrogens is 1. The first-order valence-corrected chi connectivity index (χ1v) is 10.3. The van der Waals surface area contributed by atoms with Crippen LogP contribution in [-0.4, -0.2) is 16.4 Å². The molecule has 1 aromatic carbocycles. The van der Waals surface area contributed by atoms with E-state index in [0.717, 1.165) is 15.1 Å². The van der Waals surface area contributed by atoms with E-state index in [4.69, 9.17) is 5.73 Å². The number of nitrogens with zero attached hydrogens (tertiary/aromatic N) is 1. The molecule has 4 N–H and O–H groups in total. The molecule has 0 saturated carbocycles. The van der Waals surface area contributed by atoms with Gasteiger partial charge in [0.05, 0.1) is 10.3 Å². The number of anilines is 2. The van der Waals surface area contributed by atoms with Gasteiger partial charge in [-0.2, -0.15) is 0 Å². The van der Waals surface area contributed by atoms with Gasteiger partial charge in [-0.3, -0.25) is 4.79 Å². The van der Waals surface area contributed by atoms with Crippen molar-refractivity contribution in [2.75, 3.05) is 5.32 Å². The zero-order valence-electron chi connectivity index (χ0n) is 15.6. The van der Waals surface area contributed by atoms with Crippen LogP contribution in [0.5, 0.6) is 0 Å². The molecular weight excluding hydrogens is 383 g/mol. The summed E-state index contributed by atoms with van der Waals surface area (Å²) in [5.41, 5.74) is 7.13. The van der Waals surface area contributed by atoms with Crippen molar-refractivity contribution in [1.29, 1.82) is 0 Å². The minimum Gasteiger partial charge on any atom is -0.365 e. The Morgan fingerprint density at radius 3 is 2.70 bits per heavy atom. The topological polar surface area (TPSA) is 80.0 Å². The molecule has 1 aliphatic rings. The van der Waals surface area contributed by atoms with Gasteiger partial charge in [0.1, 0.15) is 16.3 Å². The third-order valence-corrected chi connectivity index (χ3v) is 7.09. The number of fused-ring (bicyclic) bond motifs is 2. The average molecular weight is 405 g/mol. The number of carbonyl (C=O) groups excluding carboxylic acids is 1. The second-order valence-corrected chi connectivity index (χ2v) is 10.1. The lowest BCUT2D eigenvalue weighted by atomic mass is 9.81. The largest absolute Gasteiger partial charge is 0.365 e. The summed E-state index contributed by atoms with van der Waals surface area (Å²) in [4.78, 5) is 17.7. The van der Waals surface area contributed by atoms with Crippen molar-refractivity contribution >= 4 is 48.9 Å². The summed E-state index contributed by atoms with van der Waals surface area (Å²) in [7, 11) is 0. The maximum absolute atomic E-state index is 14.0. The fourth-order valence-electron chi connectivity index (χ4n) is 3.94. The third-order valence-electron chi connectivity index (χ3n) is 4.68. The fraction of sp³-hybridized carbons (Fsp3) is 0.368. The minimum absolute atomic E-state index is 0.155. The molecule has 1 amide bonds. The molecule has 0 atom stereocenters. The van der Waals surface area contributed by atoms with Gasteiger partial charge in [0.2, 0.25) is 0 Å². The minimum atomic E-state index is -0.462. The van der Waals surface area contributed by atoms with Gasteiger partial charge >= 0.3 is 0 Å². The SMILES string of the molecule is CC1(C)Cc2c(sc(Nc3nc4c(F)cccc4s3)c2C(N)=O)C(C)(C)N1. The van der Waals surface area contributed by atoms with Crippen LogP contribution in [0.3, 0.4) is 0 Å². The van der Waals surface area contributed by atoms with Crippen molar-refractivity contribution < 1.29 is 9.18 Å². The number of hydrogen-bond donors (Lipinski definition) is 3. The van der Waals surface area contributed by atoms with Crippen LogP contribution in [0.25, 0.3) is 10.2 Å². The Balaban J connectivity index is 1.82. The van der Waals surface area contributed by atoms with Crippen molar-refractivity contribution in [2.24, 2.45) is 5.73 Å². The Bertz CT molecular complexity index is 1070. The molecule has 0 spiro atoms. The molecule has 5 nitrogen and oxygen atoms in total. The van der Waals surface area contributed by atoms with Crippen LogP contribution in [0.2, 0.25) is 0 Å². The van der Waals surface area contributed by atoms with Crippen molar-refractivity contribution in [2.45, 2.75) is 45.2 Å². The van der Waals surface area contributed by atoms with Crippen LogP contribution in [0.1, 0.15) is 48.5 Å². The zero-order valence-corrected chi connectivity index (χ0v) is 17.2. The number of amides is 1. The Labute approximate surface area is 164 Å². The monoisotopic (exact) mass is 404 g/mol. The van der Waals surface area contributed by atoms with Crippen LogP contribution in [0.15, 0.2) is 18.2 Å². The number of thiazole rings is 1. The van der Waals surface area contributed by atoms with Gasteiger partial charge < -0.3 is 16.4 Å². The number of hydrogen-bond acceptors (Lipinski definition) is 6. The lowest BCUT2D eigenvalue weighted by Gasteiger charge is -2.42. The quantitative estimate of drug-likeness (QED) is 0.600. The molecular formula is C19H21FN4OS2. The molecule has 3 heterocycles. The van der Waals surface area contributed by atoms with E-state index in [1.54, 1.807) is 6.07 Å². The van der Waals surface area contributed by atoms with E-state index in [-0.39, 0.29) is 16.9 Å². The van der Waals surface area contributed by atoms with Gasteiger partial charge in [0.25, 0.3) is 5.91 Å². The molecule has 8 heteroatoms. The number of carbonyl (C=O) groups is 1. The Hall–Kier alpha value is -2.03. The molecule has 0 radical (unpaired) electrons. The third kappa shape index (κ3) is 3.11. The van der Waals surface area contributed by atoms with E-state index >= 15 is 0 Å². The lowest BCUT2D eigenvalue weighted by Crippen LogP contribution is -2.55. The molecule has 2 aromatic heterocycles. The Morgan fingerprint density at radius 1 is 1.30 bits per heavy atom. The first-order valence-electron chi connectivity index (χ1n) is 8.65. The predicted molar refractivity (Wildman–Crippen MR) is 110 cm³/mol. The van der Waals surface area contributed by atoms with E-state index in [2.05, 4.69) is 43.3 Å². The number of nitrogens with two attached hydrogens (primary N) is 1. The van der Waals surface area contributed by atoms with E-state index in [0.29, 0.717) is 27.6 Å². The number of benzene rings is 1. The summed E-state index contributed by atoms with van der Waals surface area (Å²) in [5, 5.41) is 8.06. The van der Waals surface area contributed by atoms with Crippen LogP contribution < -0.4 is 16.4 Å². The second kappa shape index (κ2) is 5.98. The molecule has 0 bridgehead atoms. The highest BCUT2D eigenvalue weighted by molar-refractivity contribution is 7.23. The standard InChI is InChI=1S/C19H21FN4OS2/c1-18(2)8-9-12(15(21)25)16(27-14(9)19(3,4)24-18)23-17-22-13-10(20)6-5-7-11(13)26-17/h5-7,24H,8H2,1-4H3,(H2,21,25)(H,22,23). The lowest BCUT2D eigenvalue weighted by molar-refractivity contribution is 0.0999. The van der Waals surface area contributed by atoms with Crippen LogP contribution in [-0.2, 0) is 12.0 Å². The van der Waals surface area contributed by atoms with Crippen molar-refractivity contribution in [1.82, 2.24) is 10.3 Å². The van der Waals surface area contributed by atoms with Crippen molar-refractivity contribution in [3.05, 3.63) is 40.0 Å². The van der Waals surface area contributed by atoms with E-state index in [1.165, 1.54) is 28.7 Å². The van der Waals surface area contributed by atoms with Gasteiger partial charge in [-0.25, -0.2) is 9.37 Å². The second-order valence-electron chi connectivity index (χ2n) is 8.02. The van der Waals surface area contributed by atoms with Gasteiger partial charge in [-0.1, -0.05) is 17.4 Å². The van der Waals surface area contributed by atoms with Crippen LogP contribution >= 0.6 is 22.7 Å². The van der Waals surface area contributed by atoms with Crippen LogP contribution in [0, 0.1) is 5.82 Å². The summed E-state index contributed by atoms with van der Waals surface area (Å²) in [6, 6.07) is 4.88. The first kappa shape index (κ1) is 18.3. The van der Waals surface area contributed by atoms with E-state index in [1.807, 2.05) is 6.07 Å². The predicted octanol–water partition coefficient (Wildman–Crippen LogP) is 4.50. The zero-order chi connectivity index (χ0) is 19.6. The highest BCUT2D eigenvalue weighted by Crippen LogP contribution is 2.46. The maximum atomic E-state index is 14.0. The normalized spacial score (nSPS) is 17.7. The fourth-order valence-corrected chi connectivity index (χ4v) is 6.17. The molecule has 27 heavy (non-hydrogen) atoms. The van der Waals surface area contributed by atoms with Gasteiger partial charge in [-0.15, -0.1) is 11.3 Å². The molecule has 0 aliphatic carbocycles. The Morgan fingerprint density at radius 2 is 2.04 bits per heavy atom. The average Bonchev–Trinajstić information content (AvgIpc) is 3.08. The maximum Gasteiger partial charge on any atom is 0.251 e. The van der Waals surface area contributed by atoms with Crippen molar-refractivity contribution in [3.63, 3.8) is 0 Å². The summed E-state index contributed by atoms with van der Waals surface area (Å²) in [5.74, 6) is -0.819.